The number of amides is 1. The van der Waals surface area contributed by atoms with Crippen molar-refractivity contribution in [1.82, 2.24) is 15.5 Å². The number of carbonyl (C=O) groups excluding carboxylic acids is 1. The molecule has 1 unspecified atom stereocenters. The van der Waals surface area contributed by atoms with E-state index < -0.39 is 5.82 Å². The highest BCUT2D eigenvalue weighted by Gasteiger charge is 2.29. The lowest BCUT2D eigenvalue weighted by molar-refractivity contribution is -0.127. The smallest absolute Gasteiger partial charge is 0.223 e. The number of guanidine groups is 1. The maximum atomic E-state index is 13.3. The van der Waals surface area contributed by atoms with E-state index in [-0.39, 0.29) is 16.8 Å². The Balaban J connectivity index is 1.42. The average Bonchev–Trinajstić information content (AvgIpc) is 3.09. The molecule has 0 aliphatic carbocycles. The van der Waals surface area contributed by atoms with Gasteiger partial charge >= 0.3 is 0 Å². The van der Waals surface area contributed by atoms with Crippen LogP contribution in [0.25, 0.3) is 0 Å². The average molecular weight is 417 g/mol. The van der Waals surface area contributed by atoms with Crippen LogP contribution in [-0.2, 0) is 17.8 Å². The number of benzene rings is 2. The maximum Gasteiger partial charge on any atom is 0.223 e. The lowest BCUT2D eigenvalue weighted by atomic mass is 10.1. The molecule has 29 heavy (non-hydrogen) atoms. The Bertz CT molecular complexity index is 859. The van der Waals surface area contributed by atoms with E-state index in [2.05, 4.69) is 27.8 Å². The first-order valence-electron chi connectivity index (χ1n) is 9.75. The highest BCUT2D eigenvalue weighted by Crippen LogP contribution is 2.18. The molecule has 0 aromatic heterocycles. The van der Waals surface area contributed by atoms with Gasteiger partial charge in [0.05, 0.1) is 5.02 Å². The third-order valence-corrected chi connectivity index (χ3v) is 5.32. The fraction of sp³-hybridized carbons (Fsp3) is 0.364. The number of nitrogens with zero attached hydrogens (tertiary/aromatic N) is 2. The quantitative estimate of drug-likeness (QED) is 0.538. The Hall–Kier alpha value is -2.60. The first kappa shape index (κ1) is 21.1. The van der Waals surface area contributed by atoms with Crippen molar-refractivity contribution < 1.29 is 9.18 Å². The van der Waals surface area contributed by atoms with Crippen LogP contribution in [0.1, 0.15) is 17.5 Å². The molecule has 1 amide bonds. The first-order valence-corrected chi connectivity index (χ1v) is 10.1. The summed E-state index contributed by atoms with van der Waals surface area (Å²) in [5.74, 6) is 0.662. The van der Waals surface area contributed by atoms with Crippen LogP contribution in [-0.4, -0.2) is 43.4 Å². The van der Waals surface area contributed by atoms with E-state index in [1.807, 2.05) is 23.1 Å². The van der Waals surface area contributed by atoms with E-state index >= 15 is 0 Å². The van der Waals surface area contributed by atoms with Crippen LogP contribution in [0.4, 0.5) is 4.39 Å². The third-order valence-electron chi connectivity index (χ3n) is 5.03. The Morgan fingerprint density at radius 3 is 2.72 bits per heavy atom. The van der Waals surface area contributed by atoms with Crippen LogP contribution in [0, 0.1) is 11.7 Å². The monoisotopic (exact) mass is 416 g/mol. The zero-order chi connectivity index (χ0) is 20.6. The van der Waals surface area contributed by atoms with Gasteiger partial charge in [0.15, 0.2) is 5.96 Å². The molecule has 5 nitrogen and oxygen atoms in total. The zero-order valence-electron chi connectivity index (χ0n) is 16.5. The summed E-state index contributed by atoms with van der Waals surface area (Å²) in [5.41, 5.74) is 2.11. The second-order valence-corrected chi connectivity index (χ2v) is 7.61. The molecule has 1 aliphatic rings. The van der Waals surface area contributed by atoms with Gasteiger partial charge in [-0.25, -0.2) is 4.39 Å². The number of halogens is 2. The van der Waals surface area contributed by atoms with Crippen molar-refractivity contribution in [3.63, 3.8) is 0 Å². The largest absolute Gasteiger partial charge is 0.356 e. The van der Waals surface area contributed by atoms with Crippen LogP contribution in [0.3, 0.4) is 0 Å². The summed E-state index contributed by atoms with van der Waals surface area (Å²) in [4.78, 5) is 18.4. The number of hydrogen-bond donors (Lipinski definition) is 2. The molecule has 0 radical (unpaired) electrons. The van der Waals surface area contributed by atoms with E-state index in [0.29, 0.717) is 25.5 Å². The maximum absolute atomic E-state index is 13.3. The van der Waals surface area contributed by atoms with Gasteiger partial charge in [-0.1, -0.05) is 48.0 Å². The van der Waals surface area contributed by atoms with Crippen LogP contribution in [0.15, 0.2) is 53.5 Å². The first-order chi connectivity index (χ1) is 14.0. The summed E-state index contributed by atoms with van der Waals surface area (Å²) in [6.07, 6.45) is 1.42. The summed E-state index contributed by atoms with van der Waals surface area (Å²) in [6.45, 7) is 2.64. The molecule has 3 rings (SSSR count). The van der Waals surface area contributed by atoms with Crippen molar-refractivity contribution in [2.75, 3.05) is 26.7 Å². The van der Waals surface area contributed by atoms with Gasteiger partial charge in [-0.2, -0.15) is 0 Å². The van der Waals surface area contributed by atoms with Crippen molar-refractivity contribution in [3.05, 3.63) is 70.5 Å². The number of rotatable bonds is 7. The number of hydrogen-bond acceptors (Lipinski definition) is 2. The minimum atomic E-state index is -0.430. The molecule has 2 aromatic carbocycles. The van der Waals surface area contributed by atoms with Gasteiger partial charge in [-0.05, 0) is 29.7 Å². The minimum Gasteiger partial charge on any atom is -0.356 e. The Morgan fingerprint density at radius 2 is 2.00 bits per heavy atom. The van der Waals surface area contributed by atoms with E-state index in [4.69, 9.17) is 11.6 Å². The standard InChI is InChI=1S/C22H26ClFN4O/c1-25-22(26-13-17-7-8-20(24)19(23)11-17)27-14-18-12-21(29)28(15-18)10-9-16-5-3-2-4-6-16/h2-8,11,18H,9-10,12-15H2,1H3,(H2,25,26,27). The molecule has 1 saturated heterocycles. The van der Waals surface area contributed by atoms with Gasteiger partial charge in [0.1, 0.15) is 5.82 Å². The fourth-order valence-electron chi connectivity index (χ4n) is 3.41. The van der Waals surface area contributed by atoms with Crippen molar-refractivity contribution in [2.45, 2.75) is 19.4 Å². The summed E-state index contributed by atoms with van der Waals surface area (Å²) in [6, 6.07) is 14.8. The van der Waals surface area contributed by atoms with Gasteiger partial charge in [0.2, 0.25) is 5.91 Å². The molecule has 0 bridgehead atoms. The number of nitrogens with one attached hydrogen (secondary N) is 2. The second-order valence-electron chi connectivity index (χ2n) is 7.20. The Morgan fingerprint density at radius 1 is 1.21 bits per heavy atom. The highest BCUT2D eigenvalue weighted by atomic mass is 35.5. The van der Waals surface area contributed by atoms with Crippen molar-refractivity contribution >= 4 is 23.5 Å². The number of likely N-dealkylation sites (tertiary alicyclic amines) is 1. The van der Waals surface area contributed by atoms with Gasteiger partial charge in [0, 0.05) is 45.6 Å². The summed E-state index contributed by atoms with van der Waals surface area (Å²) < 4.78 is 13.3. The molecule has 2 N–H and O–H groups in total. The summed E-state index contributed by atoms with van der Waals surface area (Å²) >= 11 is 5.82. The lowest BCUT2D eigenvalue weighted by Crippen LogP contribution is -2.40. The molecule has 7 heteroatoms. The molecule has 1 aliphatic heterocycles. The number of aliphatic imine (C=N–C) groups is 1. The van der Waals surface area contributed by atoms with Crippen LogP contribution in [0.5, 0.6) is 0 Å². The van der Waals surface area contributed by atoms with E-state index in [1.54, 1.807) is 19.2 Å². The molecule has 1 heterocycles. The van der Waals surface area contributed by atoms with Gasteiger partial charge in [-0.3, -0.25) is 9.79 Å². The van der Waals surface area contributed by atoms with E-state index in [1.165, 1.54) is 11.6 Å². The molecule has 154 valence electrons. The lowest BCUT2D eigenvalue weighted by Gasteiger charge is -2.18. The fourth-order valence-corrected chi connectivity index (χ4v) is 3.62. The zero-order valence-corrected chi connectivity index (χ0v) is 17.3. The highest BCUT2D eigenvalue weighted by molar-refractivity contribution is 6.30. The number of carbonyl (C=O) groups is 1. The van der Waals surface area contributed by atoms with Crippen LogP contribution >= 0.6 is 11.6 Å². The molecule has 0 saturated carbocycles. The van der Waals surface area contributed by atoms with E-state index in [9.17, 15) is 9.18 Å². The topological polar surface area (TPSA) is 56.7 Å². The van der Waals surface area contributed by atoms with Crippen LogP contribution < -0.4 is 10.6 Å². The Kier molecular flexibility index (Phi) is 7.47. The van der Waals surface area contributed by atoms with Gasteiger partial charge < -0.3 is 15.5 Å². The van der Waals surface area contributed by atoms with Crippen molar-refractivity contribution in [3.8, 4) is 0 Å². The summed E-state index contributed by atoms with van der Waals surface area (Å²) in [7, 11) is 1.69. The Labute approximate surface area is 176 Å². The second kappa shape index (κ2) is 10.3. The normalized spacial score (nSPS) is 16.9. The molecule has 0 spiro atoms. The van der Waals surface area contributed by atoms with Crippen LogP contribution in [0.2, 0.25) is 5.02 Å². The minimum absolute atomic E-state index is 0.104. The van der Waals surface area contributed by atoms with Crippen molar-refractivity contribution in [1.29, 1.82) is 0 Å². The molecule has 2 aromatic rings. The van der Waals surface area contributed by atoms with E-state index in [0.717, 1.165) is 25.1 Å². The summed E-state index contributed by atoms with van der Waals surface area (Å²) in [5, 5.41) is 6.56. The molecular formula is C22H26ClFN4O. The van der Waals surface area contributed by atoms with Crippen molar-refractivity contribution in [2.24, 2.45) is 10.9 Å². The van der Waals surface area contributed by atoms with Gasteiger partial charge in [0.25, 0.3) is 0 Å². The SMILES string of the molecule is CN=C(NCc1ccc(F)c(Cl)c1)NCC1CC(=O)N(CCc2ccccc2)C1. The third kappa shape index (κ3) is 6.19. The predicted octanol–water partition coefficient (Wildman–Crippen LogP) is 3.24. The molecule has 1 fully saturated rings. The predicted molar refractivity (Wildman–Crippen MR) is 114 cm³/mol. The molecular weight excluding hydrogens is 391 g/mol. The molecule has 1 atom stereocenters. The van der Waals surface area contributed by atoms with Gasteiger partial charge in [-0.15, -0.1) is 0 Å².